The van der Waals surface area contributed by atoms with Gasteiger partial charge in [-0.05, 0) is 74.8 Å². The van der Waals surface area contributed by atoms with Crippen molar-refractivity contribution in [2.75, 3.05) is 28.3 Å². The molecule has 0 aliphatic rings. The first-order chi connectivity index (χ1) is 30.3. The number of aromatic nitrogens is 2. The van der Waals surface area contributed by atoms with Gasteiger partial charge in [-0.25, -0.2) is 60.7 Å². The normalized spacial score (nSPS) is 12.8. The summed E-state index contributed by atoms with van der Waals surface area (Å²) in [5, 5.41) is 5.24. The quantitative estimate of drug-likeness (QED) is 0.0455. The number of hydrogen-bond donors (Lipinski definition) is 2. The van der Waals surface area contributed by atoms with E-state index >= 15 is 8.78 Å². The number of halogens is 6. The van der Waals surface area contributed by atoms with Crippen LogP contribution in [0.2, 0.25) is 0 Å². The van der Waals surface area contributed by atoms with Crippen molar-refractivity contribution < 1.29 is 71.7 Å². The molecule has 0 saturated carbocycles. The van der Waals surface area contributed by atoms with Gasteiger partial charge in [0.25, 0.3) is 20.0 Å². The van der Waals surface area contributed by atoms with Crippen molar-refractivity contribution in [2.24, 2.45) is 0 Å². The van der Waals surface area contributed by atoms with Crippen LogP contribution in [-0.2, 0) is 39.1 Å². The summed E-state index contributed by atoms with van der Waals surface area (Å²) in [4.78, 5) is 25.3. The molecule has 2 aromatic heterocycles. The summed E-state index contributed by atoms with van der Waals surface area (Å²) in [5.41, 5.74) is -2.40. The molecule has 2 N–H and O–H groups in total. The molecule has 0 amide bonds. The molecule has 0 saturated heterocycles. The fourth-order valence-electron chi connectivity index (χ4n) is 6.48. The molecule has 0 aliphatic carbocycles. The number of rotatable bonds is 16. The highest BCUT2D eigenvalue weighted by Gasteiger charge is 2.35. The van der Waals surface area contributed by atoms with E-state index in [-0.39, 0.29) is 22.6 Å². The SMILES string of the molecule is CNC(OC(=O)/C=C/C(=O)OC(NC)c1cn(S(=O)(=O)c2cccc(F)c2)c(-c2ccc(F)cc2F)c1OC)c1cn(S(=O)(=O)c2cccc(F)c2)c(-c2ccc(F)cc2F)c1OC. The summed E-state index contributed by atoms with van der Waals surface area (Å²) in [6.07, 6.45) is -0.198. The molecule has 0 fully saturated rings. The Balaban J connectivity index is 1.32. The number of esters is 2. The maximum absolute atomic E-state index is 15.3. The zero-order valence-electron chi connectivity index (χ0n) is 33.6. The van der Waals surface area contributed by atoms with Crippen LogP contribution in [0.4, 0.5) is 26.3 Å². The van der Waals surface area contributed by atoms with E-state index in [0.29, 0.717) is 44.4 Å². The number of hydrogen-bond acceptors (Lipinski definition) is 12. The van der Waals surface area contributed by atoms with E-state index in [9.17, 15) is 44.0 Å². The van der Waals surface area contributed by atoms with E-state index in [1.807, 2.05) is 0 Å². The molecule has 6 rings (SSSR count). The van der Waals surface area contributed by atoms with Crippen molar-refractivity contribution in [1.29, 1.82) is 0 Å². The van der Waals surface area contributed by atoms with Crippen LogP contribution in [-0.4, -0.2) is 65.0 Å². The van der Waals surface area contributed by atoms with E-state index in [1.54, 1.807) is 0 Å². The van der Waals surface area contributed by atoms with E-state index < -0.39 is 112 Å². The molecule has 2 heterocycles. The predicted octanol–water partition coefficient (Wildman–Crippen LogP) is 6.73. The summed E-state index contributed by atoms with van der Waals surface area (Å²) in [6, 6.07) is 12.3. The molecule has 0 aliphatic heterocycles. The summed E-state index contributed by atoms with van der Waals surface area (Å²) in [5.74, 6) is -9.50. The molecule has 22 heteroatoms. The van der Waals surface area contributed by atoms with Crippen LogP contribution in [0.15, 0.2) is 119 Å². The van der Waals surface area contributed by atoms with Crippen molar-refractivity contribution in [1.82, 2.24) is 18.6 Å². The molecule has 0 spiro atoms. The minimum Gasteiger partial charge on any atom is -0.494 e. The number of methoxy groups -OCH3 is 2. The average Bonchev–Trinajstić information content (AvgIpc) is 3.84. The van der Waals surface area contributed by atoms with Crippen molar-refractivity contribution in [3.63, 3.8) is 0 Å². The van der Waals surface area contributed by atoms with Crippen molar-refractivity contribution >= 4 is 32.0 Å². The third kappa shape index (κ3) is 9.25. The van der Waals surface area contributed by atoms with Crippen LogP contribution >= 0.6 is 0 Å². The Hall–Kier alpha value is -6.88. The maximum Gasteiger partial charge on any atom is 0.332 e. The predicted molar refractivity (Wildman–Crippen MR) is 216 cm³/mol. The first-order valence-corrected chi connectivity index (χ1v) is 21.2. The Morgan fingerprint density at radius 2 is 0.922 bits per heavy atom. The second kappa shape index (κ2) is 18.8. The Bertz CT molecular complexity index is 2830. The standard InChI is InChI=1S/C42H34F6N4O10S2/c1-49-41(31-21-51(63(55,56)27-9-5-7-23(43)17-27)37(39(31)59-3)29-13-11-25(45)19-33(29)47)61-35(53)15-16-36(54)62-42(50-2)32-22-52(64(57,58)28-10-6-8-24(44)18-28)38(40(32)60-4)30-14-12-26(46)20-34(30)48/h5-22,41-42,49-50H,1-4H3/b16-15+. The highest BCUT2D eigenvalue weighted by atomic mass is 32.2. The second-order valence-electron chi connectivity index (χ2n) is 13.2. The summed E-state index contributed by atoms with van der Waals surface area (Å²) in [6.45, 7) is 0. The number of nitrogens with zero attached hydrogens (tertiary/aromatic N) is 2. The van der Waals surface area contributed by atoms with Crippen LogP contribution < -0.4 is 20.1 Å². The first-order valence-electron chi connectivity index (χ1n) is 18.3. The van der Waals surface area contributed by atoms with E-state index in [1.165, 1.54) is 14.1 Å². The van der Waals surface area contributed by atoms with Crippen molar-refractivity contribution in [3.05, 3.63) is 156 Å². The zero-order valence-corrected chi connectivity index (χ0v) is 35.2. The molecule has 336 valence electrons. The van der Waals surface area contributed by atoms with Gasteiger partial charge in [0.15, 0.2) is 24.0 Å². The number of carbonyl (C=O) groups is 2. The molecule has 14 nitrogen and oxygen atoms in total. The van der Waals surface area contributed by atoms with Gasteiger partial charge in [0.05, 0.1) is 35.1 Å². The first kappa shape index (κ1) is 46.6. The highest BCUT2D eigenvalue weighted by molar-refractivity contribution is 7.90. The Kier molecular flexibility index (Phi) is 13.7. The maximum atomic E-state index is 15.3. The van der Waals surface area contributed by atoms with Gasteiger partial charge in [-0.2, -0.15) is 0 Å². The van der Waals surface area contributed by atoms with E-state index in [4.69, 9.17) is 18.9 Å². The molecule has 0 bridgehead atoms. The van der Waals surface area contributed by atoms with Gasteiger partial charge < -0.3 is 18.9 Å². The average molecular weight is 933 g/mol. The zero-order chi connectivity index (χ0) is 46.7. The summed E-state index contributed by atoms with van der Waals surface area (Å²) >= 11 is 0. The summed E-state index contributed by atoms with van der Waals surface area (Å²) < 4.78 is 166. The number of nitrogens with one attached hydrogen (secondary N) is 2. The van der Waals surface area contributed by atoms with Crippen LogP contribution in [0.5, 0.6) is 11.5 Å². The van der Waals surface area contributed by atoms with Crippen LogP contribution in [0.3, 0.4) is 0 Å². The largest absolute Gasteiger partial charge is 0.494 e. The van der Waals surface area contributed by atoms with Gasteiger partial charge >= 0.3 is 11.9 Å². The number of benzene rings is 4. The van der Waals surface area contributed by atoms with Crippen LogP contribution in [0, 0.1) is 34.9 Å². The minimum atomic E-state index is -4.76. The lowest BCUT2D eigenvalue weighted by Crippen LogP contribution is -2.23. The molecule has 2 unspecified atom stereocenters. The van der Waals surface area contributed by atoms with Crippen LogP contribution in [0.25, 0.3) is 22.5 Å². The molecule has 64 heavy (non-hydrogen) atoms. The van der Waals surface area contributed by atoms with Crippen molar-refractivity contribution in [3.8, 4) is 34.0 Å². The number of ether oxygens (including phenoxy) is 4. The Morgan fingerprint density at radius 1 is 0.562 bits per heavy atom. The molecule has 6 aromatic rings. The topological polar surface area (TPSA) is 173 Å². The van der Waals surface area contributed by atoms with Gasteiger partial charge in [-0.1, -0.05) is 12.1 Å². The molecular formula is C42H34F6N4O10S2. The summed E-state index contributed by atoms with van der Waals surface area (Å²) in [7, 11) is -4.79. The molecular weight excluding hydrogens is 899 g/mol. The molecule has 2 atom stereocenters. The second-order valence-corrected chi connectivity index (χ2v) is 16.9. The smallest absolute Gasteiger partial charge is 0.332 e. The Labute approximate surface area is 361 Å². The van der Waals surface area contributed by atoms with Crippen molar-refractivity contribution in [2.45, 2.75) is 22.2 Å². The Morgan fingerprint density at radius 3 is 1.23 bits per heavy atom. The highest BCUT2D eigenvalue weighted by Crippen LogP contribution is 2.43. The fourth-order valence-corrected chi connectivity index (χ4v) is 9.31. The fraction of sp³-hybridized carbons (Fsp3) is 0.143. The third-order valence-electron chi connectivity index (χ3n) is 9.31. The van der Waals surface area contributed by atoms with Gasteiger partial charge in [0, 0.05) is 47.8 Å². The van der Waals surface area contributed by atoms with Gasteiger partial charge in [0.1, 0.15) is 46.3 Å². The van der Waals surface area contributed by atoms with E-state index in [2.05, 4.69) is 10.6 Å². The molecule has 4 aromatic carbocycles. The lowest BCUT2D eigenvalue weighted by Gasteiger charge is -2.17. The third-order valence-corrected chi connectivity index (χ3v) is 12.6. The number of carbonyl (C=O) groups excluding carboxylic acids is 2. The van der Waals surface area contributed by atoms with E-state index in [0.717, 1.165) is 87.3 Å². The lowest BCUT2D eigenvalue weighted by molar-refractivity contribution is -0.147. The minimum absolute atomic E-state index is 0.235. The van der Waals surface area contributed by atoms with Crippen LogP contribution in [0.1, 0.15) is 23.6 Å². The monoisotopic (exact) mass is 932 g/mol. The molecule has 0 radical (unpaired) electrons. The van der Waals surface area contributed by atoms with Gasteiger partial charge in [0.2, 0.25) is 0 Å². The lowest BCUT2D eigenvalue weighted by atomic mass is 10.1. The van der Waals surface area contributed by atoms with Gasteiger partial charge in [-0.15, -0.1) is 0 Å². The van der Waals surface area contributed by atoms with Gasteiger partial charge in [-0.3, -0.25) is 10.6 Å².